The van der Waals surface area contributed by atoms with Crippen LogP contribution in [0.15, 0.2) is 49.1 Å². The van der Waals surface area contributed by atoms with Crippen LogP contribution in [-0.2, 0) is 41.5 Å². The fraction of sp³-hybridized carbons (Fsp3) is 0.643. The lowest BCUT2D eigenvalue weighted by Gasteiger charge is -2.05. The van der Waals surface area contributed by atoms with E-state index in [4.69, 9.17) is 51.6 Å². The molecular formula is C28H46Cl4N2O6. The van der Waals surface area contributed by atoms with Crippen LogP contribution in [0.2, 0.25) is 0 Å². The number of aromatic nitrogens is 2. The van der Waals surface area contributed by atoms with Crippen LogP contribution in [0.5, 0.6) is 0 Å². The SMILES string of the molecule is Cc1cc[n+](CCOCCOCCOCC[n+]2ccc(C)cc2)cc1.ClCCOCCOCCOCCCl.[Cl-].[Cl-]. The maximum Gasteiger partial charge on any atom is 0.171 e. The monoisotopic (exact) mass is 646 g/mol. The zero-order valence-corrected chi connectivity index (χ0v) is 26.8. The van der Waals surface area contributed by atoms with Crippen molar-refractivity contribution in [2.24, 2.45) is 0 Å². The molecule has 2 aromatic heterocycles. The molecule has 232 valence electrons. The summed E-state index contributed by atoms with van der Waals surface area (Å²) in [6.07, 6.45) is 8.28. The van der Waals surface area contributed by atoms with E-state index < -0.39 is 0 Å². The van der Waals surface area contributed by atoms with Crippen molar-refractivity contribution in [2.45, 2.75) is 26.9 Å². The zero-order valence-electron chi connectivity index (χ0n) is 23.8. The number of aryl methyl sites for hydroxylation is 2. The van der Waals surface area contributed by atoms with Crippen LogP contribution in [0, 0.1) is 13.8 Å². The summed E-state index contributed by atoms with van der Waals surface area (Å²) in [5, 5.41) is 0. The summed E-state index contributed by atoms with van der Waals surface area (Å²) in [6.45, 7) is 13.2. The van der Waals surface area contributed by atoms with Gasteiger partial charge in [0.25, 0.3) is 0 Å². The number of halogens is 4. The molecule has 40 heavy (non-hydrogen) atoms. The topological polar surface area (TPSA) is 63.1 Å². The second-order valence-corrected chi connectivity index (χ2v) is 9.03. The summed E-state index contributed by atoms with van der Waals surface area (Å²) < 4.78 is 36.3. The molecule has 0 aliphatic heterocycles. The Balaban J connectivity index is 0. The van der Waals surface area contributed by atoms with Gasteiger partial charge in [-0.15, -0.1) is 23.2 Å². The van der Waals surface area contributed by atoms with Crippen molar-refractivity contribution in [3.8, 4) is 0 Å². The summed E-state index contributed by atoms with van der Waals surface area (Å²) in [5.74, 6) is 1.05. The normalized spacial score (nSPS) is 10.3. The summed E-state index contributed by atoms with van der Waals surface area (Å²) >= 11 is 10.8. The van der Waals surface area contributed by atoms with Crippen LogP contribution in [0.4, 0.5) is 0 Å². The molecule has 0 amide bonds. The van der Waals surface area contributed by atoms with Crippen molar-refractivity contribution in [2.75, 3.05) is 91.0 Å². The van der Waals surface area contributed by atoms with Gasteiger partial charge < -0.3 is 53.2 Å². The molecule has 2 heterocycles. The van der Waals surface area contributed by atoms with Gasteiger partial charge in [-0.3, -0.25) is 0 Å². The van der Waals surface area contributed by atoms with Crippen LogP contribution in [0.25, 0.3) is 0 Å². The van der Waals surface area contributed by atoms with E-state index in [2.05, 4.69) is 72.0 Å². The van der Waals surface area contributed by atoms with Crippen molar-refractivity contribution in [3.05, 3.63) is 60.2 Å². The van der Waals surface area contributed by atoms with Gasteiger partial charge in [0.15, 0.2) is 37.9 Å². The Morgan fingerprint density at radius 1 is 0.450 bits per heavy atom. The third-order valence-electron chi connectivity index (χ3n) is 5.03. The van der Waals surface area contributed by atoms with Crippen LogP contribution in [0.1, 0.15) is 11.1 Å². The number of alkyl halides is 2. The Morgan fingerprint density at radius 2 is 0.700 bits per heavy atom. The van der Waals surface area contributed by atoms with Gasteiger partial charge in [0.05, 0.1) is 66.1 Å². The van der Waals surface area contributed by atoms with Crippen LogP contribution >= 0.6 is 23.2 Å². The molecule has 12 heteroatoms. The van der Waals surface area contributed by atoms with Crippen LogP contribution in [0.3, 0.4) is 0 Å². The second-order valence-electron chi connectivity index (χ2n) is 8.28. The van der Waals surface area contributed by atoms with Gasteiger partial charge in [0.2, 0.25) is 0 Å². The Hall–Kier alpha value is -0.780. The molecular weight excluding hydrogens is 602 g/mol. The minimum absolute atomic E-state index is 0. The average Bonchev–Trinajstić information content (AvgIpc) is 2.93. The average molecular weight is 648 g/mol. The first-order valence-electron chi connectivity index (χ1n) is 13.2. The maximum atomic E-state index is 5.57. The minimum Gasteiger partial charge on any atom is -1.00 e. The molecule has 0 spiro atoms. The van der Waals surface area contributed by atoms with E-state index in [-0.39, 0.29) is 24.8 Å². The zero-order chi connectivity index (χ0) is 27.5. The summed E-state index contributed by atoms with van der Waals surface area (Å²) in [4.78, 5) is 0. The highest BCUT2D eigenvalue weighted by Gasteiger charge is 2.00. The van der Waals surface area contributed by atoms with Crippen LogP contribution in [-0.4, -0.2) is 91.0 Å². The van der Waals surface area contributed by atoms with E-state index in [0.29, 0.717) is 91.0 Å². The number of nitrogens with zero attached hydrogens (tertiary/aromatic N) is 2. The molecule has 0 radical (unpaired) electrons. The van der Waals surface area contributed by atoms with Crippen molar-refractivity contribution in [1.29, 1.82) is 0 Å². The van der Waals surface area contributed by atoms with Gasteiger partial charge >= 0.3 is 0 Å². The molecule has 0 unspecified atom stereocenters. The number of hydrogen-bond acceptors (Lipinski definition) is 6. The third kappa shape index (κ3) is 26.1. The van der Waals surface area contributed by atoms with Gasteiger partial charge in [-0.05, 0) is 25.0 Å². The van der Waals surface area contributed by atoms with E-state index in [9.17, 15) is 0 Å². The number of rotatable bonds is 22. The predicted molar refractivity (Wildman–Crippen MR) is 149 cm³/mol. The molecule has 0 bridgehead atoms. The van der Waals surface area contributed by atoms with E-state index in [0.717, 1.165) is 13.1 Å². The predicted octanol–water partition coefficient (Wildman–Crippen LogP) is -2.85. The minimum atomic E-state index is 0. The molecule has 0 saturated carbocycles. The van der Waals surface area contributed by atoms with Gasteiger partial charge in [-0.25, -0.2) is 9.13 Å². The molecule has 0 aliphatic carbocycles. The lowest BCUT2D eigenvalue weighted by atomic mass is 10.3. The van der Waals surface area contributed by atoms with Gasteiger partial charge in [0, 0.05) is 36.0 Å². The number of pyridine rings is 2. The lowest BCUT2D eigenvalue weighted by molar-refractivity contribution is -0.698. The highest BCUT2D eigenvalue weighted by molar-refractivity contribution is 6.18. The van der Waals surface area contributed by atoms with E-state index in [1.807, 2.05) is 0 Å². The van der Waals surface area contributed by atoms with Crippen molar-refractivity contribution in [1.82, 2.24) is 0 Å². The van der Waals surface area contributed by atoms with E-state index >= 15 is 0 Å². The van der Waals surface area contributed by atoms with E-state index in [1.54, 1.807) is 0 Å². The van der Waals surface area contributed by atoms with Crippen molar-refractivity contribution >= 4 is 23.2 Å². The molecule has 0 aliphatic rings. The molecule has 0 saturated heterocycles. The van der Waals surface area contributed by atoms with Crippen molar-refractivity contribution in [3.63, 3.8) is 0 Å². The molecule has 8 nitrogen and oxygen atoms in total. The third-order valence-corrected chi connectivity index (χ3v) is 5.34. The number of ether oxygens (including phenoxy) is 6. The Labute approximate surface area is 263 Å². The first-order chi connectivity index (χ1) is 18.7. The van der Waals surface area contributed by atoms with Crippen LogP contribution < -0.4 is 33.9 Å². The smallest absolute Gasteiger partial charge is 0.171 e. The molecule has 2 aromatic rings. The fourth-order valence-corrected chi connectivity index (χ4v) is 3.11. The first kappa shape index (κ1) is 41.4. The molecule has 0 N–H and O–H groups in total. The van der Waals surface area contributed by atoms with Gasteiger partial charge in [-0.2, -0.15) is 0 Å². The summed E-state index contributed by atoms with van der Waals surface area (Å²) in [6, 6.07) is 8.39. The molecule has 0 atom stereocenters. The summed E-state index contributed by atoms with van der Waals surface area (Å²) in [7, 11) is 0. The Kier molecular flexibility index (Phi) is 32.2. The molecule has 0 fully saturated rings. The lowest BCUT2D eigenvalue weighted by Crippen LogP contribution is -3.00. The maximum absolute atomic E-state index is 5.57. The van der Waals surface area contributed by atoms with E-state index in [1.165, 1.54) is 11.1 Å². The molecule has 0 aromatic carbocycles. The van der Waals surface area contributed by atoms with Gasteiger partial charge in [-0.1, -0.05) is 0 Å². The quantitative estimate of drug-likeness (QED) is 0.0780. The van der Waals surface area contributed by atoms with Gasteiger partial charge in [0.1, 0.15) is 13.2 Å². The second kappa shape index (κ2) is 31.2. The molecule has 2 rings (SSSR count). The highest BCUT2D eigenvalue weighted by Crippen LogP contribution is 1.91. The Morgan fingerprint density at radius 3 is 0.975 bits per heavy atom. The van der Waals surface area contributed by atoms with Crippen molar-refractivity contribution < 1.29 is 62.4 Å². The fourth-order valence-electron chi connectivity index (χ4n) is 2.89. The summed E-state index contributed by atoms with van der Waals surface area (Å²) in [5.41, 5.74) is 2.54. The largest absolute Gasteiger partial charge is 1.00 e. The number of hydrogen-bond donors (Lipinski definition) is 0. The first-order valence-corrected chi connectivity index (χ1v) is 14.2. The highest BCUT2D eigenvalue weighted by atomic mass is 35.5. The Bertz CT molecular complexity index is 713. The standard InChI is InChI=1S/C20H30N2O3.C8H16Cl2O3.2ClH/c1-19-3-7-21(8-4-19)11-13-23-15-17-25-18-16-24-14-12-22-9-5-20(2)6-10-22;9-1-3-11-5-7-13-8-6-12-4-2-10;;/h3-10H,11-18H2,1-2H3;1-8H2;2*1H/q+2;;;/p-2.